The van der Waals surface area contributed by atoms with Gasteiger partial charge in [0.25, 0.3) is 0 Å². The number of anilines is 1. The van der Waals surface area contributed by atoms with Crippen molar-refractivity contribution < 1.29 is 31.9 Å². The molecule has 1 amide bonds. The van der Waals surface area contributed by atoms with E-state index in [-0.39, 0.29) is 41.5 Å². The van der Waals surface area contributed by atoms with Gasteiger partial charge in [0.2, 0.25) is 5.91 Å². The Morgan fingerprint density at radius 3 is 2.46 bits per heavy atom. The fourth-order valence-electron chi connectivity index (χ4n) is 3.39. The van der Waals surface area contributed by atoms with Crippen LogP contribution in [0.2, 0.25) is 5.02 Å². The zero-order valence-electron chi connectivity index (χ0n) is 18.2. The van der Waals surface area contributed by atoms with Crippen molar-refractivity contribution in [1.29, 1.82) is 0 Å². The van der Waals surface area contributed by atoms with Gasteiger partial charge in [0.05, 0.1) is 10.6 Å². The van der Waals surface area contributed by atoms with Gasteiger partial charge in [-0.1, -0.05) is 23.7 Å². The lowest BCUT2D eigenvalue weighted by Gasteiger charge is -2.11. The molecule has 0 radical (unpaired) electrons. The molecule has 1 heterocycles. The number of nitrogens with zero attached hydrogens (tertiary/aromatic N) is 1. The molecule has 1 saturated carbocycles. The first kappa shape index (κ1) is 24.7. The van der Waals surface area contributed by atoms with Gasteiger partial charge >= 0.3 is 6.18 Å². The van der Waals surface area contributed by atoms with E-state index in [4.69, 9.17) is 16.3 Å². The topological polar surface area (TPSA) is 68.3 Å². The molecular formula is C25H19ClF4N2O3. The number of carbonyl (C=O) groups is 2. The van der Waals surface area contributed by atoms with Crippen molar-refractivity contribution in [3.8, 4) is 11.5 Å². The van der Waals surface area contributed by atoms with Crippen LogP contribution in [0.3, 0.4) is 0 Å². The largest absolute Gasteiger partial charge is 0.457 e. The van der Waals surface area contributed by atoms with E-state index in [0.29, 0.717) is 11.6 Å². The van der Waals surface area contributed by atoms with Crippen LogP contribution in [0.15, 0.2) is 54.7 Å². The number of ketones is 1. The number of rotatable bonds is 8. The van der Waals surface area contributed by atoms with Gasteiger partial charge in [0.15, 0.2) is 0 Å². The molecule has 0 saturated heterocycles. The maximum Gasteiger partial charge on any atom is 0.417 e. The van der Waals surface area contributed by atoms with Crippen LogP contribution in [-0.4, -0.2) is 16.7 Å². The monoisotopic (exact) mass is 506 g/mol. The minimum absolute atomic E-state index is 0.0112. The zero-order valence-corrected chi connectivity index (χ0v) is 18.9. The van der Waals surface area contributed by atoms with E-state index in [9.17, 15) is 27.2 Å². The van der Waals surface area contributed by atoms with Gasteiger partial charge in [0, 0.05) is 37.1 Å². The molecule has 182 valence electrons. The Morgan fingerprint density at radius 2 is 1.77 bits per heavy atom. The van der Waals surface area contributed by atoms with E-state index in [1.165, 1.54) is 30.5 Å². The highest BCUT2D eigenvalue weighted by Crippen LogP contribution is 2.35. The molecule has 1 aromatic heterocycles. The van der Waals surface area contributed by atoms with Gasteiger partial charge < -0.3 is 10.1 Å². The second kappa shape index (κ2) is 10.0. The van der Waals surface area contributed by atoms with Gasteiger partial charge in [-0.25, -0.2) is 9.37 Å². The molecule has 0 bridgehead atoms. The van der Waals surface area contributed by atoms with Crippen LogP contribution in [0, 0.1) is 11.7 Å². The SMILES string of the molecule is O=C(Cc1ccc(Cl)c(C(F)(F)F)c1)Cc1ccc(Oc2ccnc(NC(=O)C3CC3)c2)cc1F. The van der Waals surface area contributed by atoms with Crippen molar-refractivity contribution in [1.82, 2.24) is 4.98 Å². The van der Waals surface area contributed by atoms with Gasteiger partial charge in [-0.05, 0) is 48.2 Å². The van der Waals surface area contributed by atoms with E-state index in [1.807, 2.05) is 0 Å². The predicted octanol–water partition coefficient (Wildman–Crippen LogP) is 6.39. The molecule has 1 N–H and O–H groups in total. The summed E-state index contributed by atoms with van der Waals surface area (Å²) in [6.07, 6.45) is -2.10. The number of carbonyl (C=O) groups excluding carboxylic acids is 2. The second-order valence-corrected chi connectivity index (χ2v) is 8.61. The molecule has 5 nitrogen and oxygen atoms in total. The number of amides is 1. The molecule has 35 heavy (non-hydrogen) atoms. The van der Waals surface area contributed by atoms with Crippen molar-refractivity contribution in [2.24, 2.45) is 5.92 Å². The molecule has 1 aliphatic rings. The standard InChI is InChI=1S/C25H19ClF4N2O3/c26-21-6-1-14(10-20(21)25(28,29)30)9-17(33)11-16-4-5-18(12-22(16)27)35-19-7-8-31-23(13-19)32-24(34)15-2-3-15/h1,4-8,10,12-13,15H,2-3,9,11H2,(H,31,32,34). The lowest BCUT2D eigenvalue weighted by molar-refractivity contribution is -0.137. The Hall–Kier alpha value is -3.46. The zero-order chi connectivity index (χ0) is 25.2. The predicted molar refractivity (Wildman–Crippen MR) is 121 cm³/mol. The van der Waals surface area contributed by atoms with Crippen LogP contribution < -0.4 is 10.1 Å². The number of nitrogens with one attached hydrogen (secondary N) is 1. The highest BCUT2D eigenvalue weighted by molar-refractivity contribution is 6.31. The molecule has 3 aromatic rings. The van der Waals surface area contributed by atoms with Crippen molar-refractivity contribution in [3.63, 3.8) is 0 Å². The maximum absolute atomic E-state index is 14.6. The quantitative estimate of drug-likeness (QED) is 0.360. The average molecular weight is 507 g/mol. The molecule has 0 atom stereocenters. The Balaban J connectivity index is 1.39. The van der Waals surface area contributed by atoms with Gasteiger partial charge in [-0.3, -0.25) is 9.59 Å². The van der Waals surface area contributed by atoms with E-state index < -0.39 is 28.4 Å². The summed E-state index contributed by atoms with van der Waals surface area (Å²) in [7, 11) is 0. The normalized spacial score (nSPS) is 13.4. The summed E-state index contributed by atoms with van der Waals surface area (Å²) in [6.45, 7) is 0. The first-order chi connectivity index (χ1) is 16.6. The number of alkyl halides is 3. The summed E-state index contributed by atoms with van der Waals surface area (Å²) in [5.74, 6) is -0.440. The smallest absolute Gasteiger partial charge is 0.417 e. The number of pyridine rings is 1. The first-order valence-corrected chi connectivity index (χ1v) is 11.1. The van der Waals surface area contributed by atoms with Gasteiger partial charge in [-0.15, -0.1) is 0 Å². The summed E-state index contributed by atoms with van der Waals surface area (Å²) in [4.78, 5) is 28.3. The van der Waals surface area contributed by atoms with Crippen LogP contribution in [0.4, 0.5) is 23.4 Å². The molecule has 4 rings (SSSR count). The van der Waals surface area contributed by atoms with Crippen LogP contribution in [-0.2, 0) is 28.6 Å². The lowest BCUT2D eigenvalue weighted by Crippen LogP contribution is -2.14. The number of Topliss-reactive ketones (excluding diaryl/α,β-unsaturated/α-hetero) is 1. The Bertz CT molecular complexity index is 1280. The third-order valence-corrected chi connectivity index (χ3v) is 5.65. The number of benzene rings is 2. The number of ether oxygens (including phenoxy) is 1. The summed E-state index contributed by atoms with van der Waals surface area (Å²) in [5.41, 5.74) is -0.808. The van der Waals surface area contributed by atoms with Crippen molar-refractivity contribution in [2.45, 2.75) is 31.9 Å². The Labute approximate surface area is 203 Å². The summed E-state index contributed by atoms with van der Waals surface area (Å²) < 4.78 is 59.3. The summed E-state index contributed by atoms with van der Waals surface area (Å²) in [5, 5.41) is 2.24. The molecule has 0 aliphatic heterocycles. The van der Waals surface area contributed by atoms with Crippen molar-refractivity contribution >= 4 is 29.1 Å². The highest BCUT2D eigenvalue weighted by atomic mass is 35.5. The number of hydrogen-bond donors (Lipinski definition) is 1. The van der Waals surface area contributed by atoms with Crippen molar-refractivity contribution in [3.05, 3.63) is 82.3 Å². The third-order valence-electron chi connectivity index (χ3n) is 5.32. The molecular weight excluding hydrogens is 488 g/mol. The lowest BCUT2D eigenvalue weighted by atomic mass is 10.0. The van der Waals surface area contributed by atoms with E-state index in [2.05, 4.69) is 10.3 Å². The Kier molecular flexibility index (Phi) is 7.07. The fourth-order valence-corrected chi connectivity index (χ4v) is 3.61. The van der Waals surface area contributed by atoms with Crippen LogP contribution in [0.5, 0.6) is 11.5 Å². The van der Waals surface area contributed by atoms with Crippen LogP contribution in [0.1, 0.15) is 29.5 Å². The molecule has 1 fully saturated rings. The van der Waals surface area contributed by atoms with Gasteiger partial charge in [-0.2, -0.15) is 13.2 Å². The number of aromatic nitrogens is 1. The molecule has 1 aliphatic carbocycles. The molecule has 0 spiro atoms. The summed E-state index contributed by atoms with van der Waals surface area (Å²) in [6, 6.07) is 10.3. The van der Waals surface area contributed by atoms with Crippen molar-refractivity contribution in [2.75, 3.05) is 5.32 Å². The third kappa shape index (κ3) is 6.57. The van der Waals surface area contributed by atoms with Crippen LogP contribution >= 0.6 is 11.6 Å². The fraction of sp³-hybridized carbons (Fsp3) is 0.240. The van der Waals surface area contributed by atoms with Gasteiger partial charge in [0.1, 0.15) is 28.9 Å². The molecule has 10 heteroatoms. The maximum atomic E-state index is 14.6. The van der Waals surface area contributed by atoms with E-state index in [1.54, 1.807) is 6.07 Å². The summed E-state index contributed by atoms with van der Waals surface area (Å²) >= 11 is 5.60. The molecule has 0 unspecified atom stereocenters. The molecule has 2 aromatic carbocycles. The second-order valence-electron chi connectivity index (χ2n) is 8.20. The highest BCUT2D eigenvalue weighted by Gasteiger charge is 2.33. The van der Waals surface area contributed by atoms with E-state index >= 15 is 0 Å². The van der Waals surface area contributed by atoms with Crippen LogP contribution in [0.25, 0.3) is 0 Å². The number of hydrogen-bond acceptors (Lipinski definition) is 4. The average Bonchev–Trinajstić information content (AvgIpc) is 3.62. The minimum Gasteiger partial charge on any atom is -0.457 e. The van der Waals surface area contributed by atoms with E-state index in [0.717, 1.165) is 31.0 Å². The minimum atomic E-state index is -4.64. The first-order valence-electron chi connectivity index (χ1n) is 10.7. The number of halogens is 5. The Morgan fingerprint density at radius 1 is 1.03 bits per heavy atom.